The van der Waals surface area contributed by atoms with E-state index in [1.807, 2.05) is 30.3 Å². The molecule has 0 spiro atoms. The van der Waals surface area contributed by atoms with Crippen molar-refractivity contribution >= 4 is 23.5 Å². The number of hydrogen-bond acceptors (Lipinski definition) is 6. The van der Waals surface area contributed by atoms with Crippen molar-refractivity contribution in [3.8, 4) is 5.75 Å². The second-order valence-corrected chi connectivity index (χ2v) is 7.02. The van der Waals surface area contributed by atoms with Gasteiger partial charge in [0, 0.05) is 12.6 Å². The van der Waals surface area contributed by atoms with E-state index in [1.54, 1.807) is 31.2 Å². The van der Waals surface area contributed by atoms with Gasteiger partial charge in [-0.2, -0.15) is 0 Å². The number of ether oxygens (including phenoxy) is 2. The van der Waals surface area contributed by atoms with Gasteiger partial charge in [-0.15, -0.1) is 0 Å². The Kier molecular flexibility index (Phi) is 6.37. The van der Waals surface area contributed by atoms with Crippen LogP contribution in [0, 0.1) is 5.92 Å². The molecule has 30 heavy (non-hydrogen) atoms. The van der Waals surface area contributed by atoms with Crippen molar-refractivity contribution in [2.24, 2.45) is 5.92 Å². The Morgan fingerprint density at radius 3 is 2.30 bits per heavy atom. The number of benzene rings is 2. The van der Waals surface area contributed by atoms with E-state index in [9.17, 15) is 19.5 Å². The van der Waals surface area contributed by atoms with Crippen LogP contribution in [0.5, 0.6) is 5.75 Å². The number of carbonyl (C=O) groups is 3. The average molecular weight is 412 g/mol. The summed E-state index contributed by atoms with van der Waals surface area (Å²) in [7, 11) is 1.52. The number of aliphatic hydroxyl groups is 1. The summed E-state index contributed by atoms with van der Waals surface area (Å²) in [5.41, 5.74) is 1.32. The van der Waals surface area contributed by atoms with Gasteiger partial charge >= 0.3 is 5.97 Å². The first-order valence-corrected chi connectivity index (χ1v) is 9.51. The Hall–Kier alpha value is -3.39. The molecule has 3 rings (SSSR count). The fourth-order valence-corrected chi connectivity index (χ4v) is 3.38. The van der Waals surface area contributed by atoms with E-state index in [-0.39, 0.29) is 6.04 Å². The maximum Gasteiger partial charge on any atom is 0.304 e. The van der Waals surface area contributed by atoms with Crippen molar-refractivity contribution in [3.05, 3.63) is 60.2 Å². The molecule has 0 radical (unpaired) electrons. The van der Waals surface area contributed by atoms with E-state index >= 15 is 0 Å². The summed E-state index contributed by atoms with van der Waals surface area (Å²) in [6.45, 7) is 2.98. The molecule has 1 aliphatic rings. The molecule has 1 heterocycles. The predicted octanol–water partition coefficient (Wildman–Crippen LogP) is 1.79. The molecular formula is C22H24N2O6. The first-order chi connectivity index (χ1) is 14.3. The predicted molar refractivity (Wildman–Crippen MR) is 109 cm³/mol. The zero-order valence-electron chi connectivity index (χ0n) is 16.9. The summed E-state index contributed by atoms with van der Waals surface area (Å²) in [5.74, 6) is -2.44. The number of amides is 2. The van der Waals surface area contributed by atoms with Crippen LogP contribution in [0.25, 0.3) is 0 Å². The summed E-state index contributed by atoms with van der Waals surface area (Å²) in [5, 5.41) is 13.3. The monoisotopic (exact) mass is 412 g/mol. The molecule has 1 aliphatic heterocycles. The van der Waals surface area contributed by atoms with Crippen molar-refractivity contribution < 1.29 is 29.0 Å². The number of β-lactam (4-membered cyclic amide) rings is 1. The van der Waals surface area contributed by atoms with E-state index in [4.69, 9.17) is 9.47 Å². The molecule has 0 bridgehead atoms. The third-order valence-corrected chi connectivity index (χ3v) is 4.99. The number of anilines is 1. The second kappa shape index (κ2) is 8.96. The molecule has 158 valence electrons. The summed E-state index contributed by atoms with van der Waals surface area (Å²) in [4.78, 5) is 38.2. The van der Waals surface area contributed by atoms with Gasteiger partial charge < -0.3 is 19.9 Å². The fourth-order valence-electron chi connectivity index (χ4n) is 3.38. The maximum absolute atomic E-state index is 12.8. The summed E-state index contributed by atoms with van der Waals surface area (Å²) in [6.07, 6.45) is -2.75. The van der Waals surface area contributed by atoms with Crippen LogP contribution in [-0.4, -0.2) is 42.3 Å². The fraction of sp³-hybridized carbons (Fsp3) is 0.318. The molecule has 4 atom stereocenters. The molecular weight excluding hydrogens is 388 g/mol. The van der Waals surface area contributed by atoms with Crippen molar-refractivity contribution in [2.45, 2.75) is 32.2 Å². The van der Waals surface area contributed by atoms with Crippen LogP contribution >= 0.6 is 0 Å². The number of rotatable bonds is 7. The zero-order valence-corrected chi connectivity index (χ0v) is 16.9. The van der Waals surface area contributed by atoms with Crippen LogP contribution < -0.4 is 15.0 Å². The van der Waals surface area contributed by atoms with Gasteiger partial charge in [-0.05, 0) is 36.8 Å². The van der Waals surface area contributed by atoms with Crippen molar-refractivity contribution in [3.63, 3.8) is 0 Å². The lowest BCUT2D eigenvalue weighted by atomic mass is 9.88. The summed E-state index contributed by atoms with van der Waals surface area (Å²) in [6, 6.07) is 15.4. The minimum atomic E-state index is -1.66. The highest BCUT2D eigenvalue weighted by molar-refractivity contribution is 6.06. The molecule has 0 saturated carbocycles. The quantitative estimate of drug-likeness (QED) is 0.531. The first kappa shape index (κ1) is 21.3. The molecule has 2 amide bonds. The minimum Gasteiger partial charge on any atom is -0.497 e. The second-order valence-electron chi connectivity index (χ2n) is 7.02. The van der Waals surface area contributed by atoms with Crippen molar-refractivity contribution in [1.82, 2.24) is 5.32 Å². The highest BCUT2D eigenvalue weighted by Crippen LogP contribution is 2.36. The van der Waals surface area contributed by atoms with E-state index in [0.29, 0.717) is 11.4 Å². The van der Waals surface area contributed by atoms with Crippen LogP contribution in [0.2, 0.25) is 0 Å². The zero-order chi connectivity index (χ0) is 21.8. The number of hydrogen-bond donors (Lipinski definition) is 2. The molecule has 1 fully saturated rings. The van der Waals surface area contributed by atoms with Gasteiger partial charge in [0.2, 0.25) is 11.8 Å². The Labute approximate surface area is 174 Å². The largest absolute Gasteiger partial charge is 0.497 e. The highest BCUT2D eigenvalue weighted by atomic mass is 16.6. The number of methoxy groups -OCH3 is 1. The molecule has 2 aromatic carbocycles. The van der Waals surface area contributed by atoms with Crippen LogP contribution in [-0.2, 0) is 19.1 Å². The normalized spacial score (nSPS) is 20.0. The van der Waals surface area contributed by atoms with Crippen LogP contribution in [0.15, 0.2) is 54.6 Å². The van der Waals surface area contributed by atoms with Gasteiger partial charge in [0.05, 0.1) is 13.2 Å². The van der Waals surface area contributed by atoms with Crippen LogP contribution in [0.1, 0.15) is 25.5 Å². The van der Waals surface area contributed by atoms with E-state index < -0.39 is 36.0 Å². The van der Waals surface area contributed by atoms with E-state index in [1.165, 1.54) is 18.9 Å². The van der Waals surface area contributed by atoms with Crippen molar-refractivity contribution in [2.75, 3.05) is 12.0 Å². The van der Waals surface area contributed by atoms with Crippen molar-refractivity contribution in [1.29, 1.82) is 0 Å². The van der Waals surface area contributed by atoms with E-state index in [0.717, 1.165) is 5.56 Å². The standard InChI is InChI=1S/C22H24N2O6/c1-13(15-7-5-4-6-8-15)23-20(27)19(26)18-21(28)24(22(18)30-14(2)25)16-9-11-17(29-3)12-10-16/h4-13,18-19,22,26H,1-3H3,(H,23,27)/t13-,18+,19+,22-/m0/s1. The number of esters is 1. The first-order valence-electron chi connectivity index (χ1n) is 9.51. The molecule has 2 aromatic rings. The molecule has 0 unspecified atom stereocenters. The topological polar surface area (TPSA) is 105 Å². The Balaban J connectivity index is 1.75. The maximum atomic E-state index is 12.8. The Morgan fingerprint density at radius 1 is 1.10 bits per heavy atom. The number of aliphatic hydroxyl groups excluding tert-OH is 1. The lowest BCUT2D eigenvalue weighted by Crippen LogP contribution is -2.68. The smallest absolute Gasteiger partial charge is 0.304 e. The lowest BCUT2D eigenvalue weighted by molar-refractivity contribution is -0.170. The SMILES string of the molecule is COc1ccc(N2C(=O)[C@@H]([C@@H](O)C(=O)N[C@@H](C)c3ccccc3)[C@@H]2OC(C)=O)cc1. The number of carbonyl (C=O) groups excluding carboxylic acids is 3. The molecule has 8 nitrogen and oxygen atoms in total. The molecule has 0 aliphatic carbocycles. The lowest BCUT2D eigenvalue weighted by Gasteiger charge is -2.46. The Morgan fingerprint density at radius 2 is 1.73 bits per heavy atom. The van der Waals surface area contributed by atoms with Gasteiger partial charge in [-0.1, -0.05) is 30.3 Å². The van der Waals surface area contributed by atoms with Gasteiger partial charge in [-0.25, -0.2) is 0 Å². The minimum absolute atomic E-state index is 0.367. The molecule has 1 saturated heterocycles. The van der Waals surface area contributed by atoms with Crippen LogP contribution in [0.4, 0.5) is 5.69 Å². The molecule has 8 heteroatoms. The summed E-state index contributed by atoms with van der Waals surface area (Å²) >= 11 is 0. The number of nitrogens with one attached hydrogen (secondary N) is 1. The van der Waals surface area contributed by atoms with Gasteiger partial charge in [-0.3, -0.25) is 19.3 Å². The third kappa shape index (κ3) is 4.28. The van der Waals surface area contributed by atoms with Gasteiger partial charge in [0.15, 0.2) is 6.23 Å². The highest BCUT2D eigenvalue weighted by Gasteiger charge is 2.56. The third-order valence-electron chi connectivity index (χ3n) is 4.99. The molecule has 0 aromatic heterocycles. The van der Waals surface area contributed by atoms with Gasteiger partial charge in [0.25, 0.3) is 0 Å². The average Bonchev–Trinajstić information content (AvgIpc) is 2.74. The number of nitrogens with zero attached hydrogens (tertiary/aromatic N) is 1. The summed E-state index contributed by atoms with van der Waals surface area (Å²) < 4.78 is 10.3. The van der Waals surface area contributed by atoms with Gasteiger partial charge in [0.1, 0.15) is 17.8 Å². The molecule has 2 N–H and O–H groups in total. The van der Waals surface area contributed by atoms with E-state index in [2.05, 4.69) is 5.32 Å². The van der Waals surface area contributed by atoms with Crippen LogP contribution in [0.3, 0.4) is 0 Å². The Bertz CT molecular complexity index is 915.